The zero-order valence-corrected chi connectivity index (χ0v) is 19.1. The van der Waals surface area contributed by atoms with E-state index < -0.39 is 5.91 Å². The molecule has 0 spiro atoms. The van der Waals surface area contributed by atoms with Crippen LogP contribution in [0.4, 0.5) is 11.8 Å². The number of rotatable bonds is 5. The number of nitrogens with one attached hydrogen (secondary N) is 2. The summed E-state index contributed by atoms with van der Waals surface area (Å²) < 4.78 is 1.42. The molecule has 35 heavy (non-hydrogen) atoms. The van der Waals surface area contributed by atoms with Crippen LogP contribution in [0.15, 0.2) is 88.9 Å². The Morgan fingerprint density at radius 1 is 0.971 bits per heavy atom. The number of hydrogen-bond acceptors (Lipinski definition) is 6. The van der Waals surface area contributed by atoms with Crippen molar-refractivity contribution in [3.8, 4) is 5.82 Å². The average Bonchev–Trinajstić information content (AvgIpc) is 3.27. The molecule has 9 heteroatoms. The number of aromatic nitrogens is 5. The summed E-state index contributed by atoms with van der Waals surface area (Å²) in [5, 5.41) is 2.79. The van der Waals surface area contributed by atoms with Crippen LogP contribution in [0.3, 0.4) is 0 Å². The summed E-state index contributed by atoms with van der Waals surface area (Å²) in [5.41, 5.74) is 2.68. The van der Waals surface area contributed by atoms with E-state index in [0.29, 0.717) is 34.6 Å². The zero-order chi connectivity index (χ0) is 24.4. The lowest BCUT2D eigenvalue weighted by Crippen LogP contribution is -2.30. The van der Waals surface area contributed by atoms with Crippen molar-refractivity contribution in [1.29, 1.82) is 0 Å². The van der Waals surface area contributed by atoms with Gasteiger partial charge in [0.2, 0.25) is 5.95 Å². The van der Waals surface area contributed by atoms with Gasteiger partial charge in [0, 0.05) is 18.1 Å². The van der Waals surface area contributed by atoms with Crippen molar-refractivity contribution in [1.82, 2.24) is 24.5 Å². The van der Waals surface area contributed by atoms with Crippen LogP contribution in [0.1, 0.15) is 28.5 Å². The van der Waals surface area contributed by atoms with Crippen LogP contribution in [-0.2, 0) is 0 Å². The highest BCUT2D eigenvalue weighted by atomic mass is 16.2. The zero-order valence-electron chi connectivity index (χ0n) is 19.1. The minimum atomic E-state index is -0.399. The Morgan fingerprint density at radius 2 is 1.71 bits per heavy atom. The van der Waals surface area contributed by atoms with Gasteiger partial charge in [0.25, 0.3) is 11.5 Å². The van der Waals surface area contributed by atoms with Gasteiger partial charge < -0.3 is 10.3 Å². The van der Waals surface area contributed by atoms with Gasteiger partial charge in [0.05, 0.1) is 27.9 Å². The van der Waals surface area contributed by atoms with E-state index in [1.54, 1.807) is 68.7 Å². The number of para-hydroxylation sites is 2. The summed E-state index contributed by atoms with van der Waals surface area (Å²) >= 11 is 0. The number of H-pyrrole nitrogens is 1. The summed E-state index contributed by atoms with van der Waals surface area (Å²) in [5.74, 6) is 0.776. The van der Waals surface area contributed by atoms with E-state index in [2.05, 4.69) is 30.2 Å². The summed E-state index contributed by atoms with van der Waals surface area (Å²) in [6.07, 6.45) is 3.18. The fourth-order valence-corrected chi connectivity index (χ4v) is 3.79. The molecular formula is C26H21N7O2. The minimum absolute atomic E-state index is 0.257. The van der Waals surface area contributed by atoms with Crippen LogP contribution in [0.25, 0.3) is 16.9 Å². The van der Waals surface area contributed by atoms with E-state index in [9.17, 15) is 9.59 Å². The van der Waals surface area contributed by atoms with Crippen molar-refractivity contribution in [2.24, 2.45) is 4.99 Å². The summed E-state index contributed by atoms with van der Waals surface area (Å²) in [6, 6.07) is 19.6. The maximum atomic E-state index is 13.6. The lowest BCUT2D eigenvalue weighted by atomic mass is 10.1. The Labute approximate surface area is 200 Å². The number of aliphatic imine (C=N–C) groups is 1. The van der Waals surface area contributed by atoms with Gasteiger partial charge in [-0.2, -0.15) is 0 Å². The molecule has 0 atom stereocenters. The Kier molecular flexibility index (Phi) is 5.72. The van der Waals surface area contributed by atoms with Crippen LogP contribution in [0, 0.1) is 6.92 Å². The molecule has 4 heterocycles. The third kappa shape index (κ3) is 4.34. The first kappa shape index (κ1) is 21.9. The average molecular weight is 464 g/mol. The second kappa shape index (κ2) is 9.14. The summed E-state index contributed by atoms with van der Waals surface area (Å²) in [6.45, 7) is 3.42. The number of hydrogen-bond donors (Lipinski definition) is 2. The molecule has 0 fully saturated rings. The van der Waals surface area contributed by atoms with Crippen molar-refractivity contribution in [2.45, 2.75) is 13.8 Å². The van der Waals surface area contributed by atoms with Crippen LogP contribution >= 0.6 is 0 Å². The lowest BCUT2D eigenvalue weighted by Gasteiger charge is -2.16. The van der Waals surface area contributed by atoms with E-state index in [0.717, 1.165) is 11.0 Å². The van der Waals surface area contributed by atoms with Crippen LogP contribution < -0.4 is 10.9 Å². The topological polar surface area (TPSA) is 118 Å². The molecule has 9 nitrogen and oxygen atoms in total. The SMILES string of the molecule is CC(=Nc1nc2ccccc2[nH]1)c1cc(C(=O)Nc2ccccn2)c(C)n(-c2ccccn2)c1=O. The number of fused-ring (bicyclic) bond motifs is 1. The number of anilines is 1. The molecule has 0 saturated heterocycles. The molecule has 5 aromatic rings. The molecule has 0 bridgehead atoms. The lowest BCUT2D eigenvalue weighted by molar-refractivity contribution is 0.102. The third-order valence-electron chi connectivity index (χ3n) is 5.52. The molecule has 0 saturated carbocycles. The van der Waals surface area contributed by atoms with Crippen LogP contribution in [0.2, 0.25) is 0 Å². The molecule has 0 aliphatic heterocycles. The van der Waals surface area contributed by atoms with Crippen molar-refractivity contribution in [3.63, 3.8) is 0 Å². The molecule has 1 amide bonds. The summed E-state index contributed by atoms with van der Waals surface area (Å²) in [7, 11) is 0. The highest BCUT2D eigenvalue weighted by Crippen LogP contribution is 2.19. The first-order chi connectivity index (χ1) is 17.0. The Morgan fingerprint density at radius 3 is 2.43 bits per heavy atom. The Bertz CT molecular complexity index is 1590. The number of nitrogens with zero attached hydrogens (tertiary/aromatic N) is 5. The number of imidazole rings is 1. The van der Waals surface area contributed by atoms with Gasteiger partial charge in [-0.15, -0.1) is 0 Å². The molecule has 5 rings (SSSR count). The normalized spacial score (nSPS) is 11.5. The second-order valence-corrected chi connectivity index (χ2v) is 7.83. The van der Waals surface area contributed by atoms with Crippen molar-refractivity contribution in [2.75, 3.05) is 5.32 Å². The minimum Gasteiger partial charge on any atom is -0.322 e. The van der Waals surface area contributed by atoms with Gasteiger partial charge in [0.15, 0.2) is 0 Å². The van der Waals surface area contributed by atoms with Crippen molar-refractivity contribution >= 4 is 34.4 Å². The highest BCUT2D eigenvalue weighted by Gasteiger charge is 2.20. The quantitative estimate of drug-likeness (QED) is 0.379. The monoisotopic (exact) mass is 463 g/mol. The largest absolute Gasteiger partial charge is 0.322 e. The predicted octanol–water partition coefficient (Wildman–Crippen LogP) is 4.21. The molecule has 2 N–H and O–H groups in total. The van der Waals surface area contributed by atoms with Gasteiger partial charge in [-0.25, -0.2) is 19.9 Å². The molecule has 0 unspecified atom stereocenters. The molecule has 1 aromatic carbocycles. The fraction of sp³-hybridized carbons (Fsp3) is 0.0769. The number of amides is 1. The van der Waals surface area contributed by atoms with E-state index >= 15 is 0 Å². The number of pyridine rings is 3. The van der Waals surface area contributed by atoms with E-state index in [-0.39, 0.29) is 11.1 Å². The van der Waals surface area contributed by atoms with Crippen molar-refractivity contribution in [3.05, 3.63) is 106 Å². The first-order valence-corrected chi connectivity index (χ1v) is 10.9. The number of benzene rings is 1. The molecule has 4 aromatic heterocycles. The summed E-state index contributed by atoms with van der Waals surface area (Å²) in [4.78, 5) is 47.5. The molecule has 0 aliphatic rings. The number of aromatic amines is 1. The van der Waals surface area contributed by atoms with Gasteiger partial charge in [-0.1, -0.05) is 24.3 Å². The van der Waals surface area contributed by atoms with Gasteiger partial charge >= 0.3 is 0 Å². The second-order valence-electron chi connectivity index (χ2n) is 7.83. The van der Waals surface area contributed by atoms with Crippen LogP contribution in [-0.4, -0.2) is 36.1 Å². The van der Waals surface area contributed by atoms with Crippen molar-refractivity contribution < 1.29 is 4.79 Å². The van der Waals surface area contributed by atoms with Gasteiger partial charge in [-0.3, -0.25) is 14.2 Å². The Balaban J connectivity index is 1.65. The first-order valence-electron chi connectivity index (χ1n) is 10.9. The van der Waals surface area contributed by atoms with E-state index in [4.69, 9.17) is 0 Å². The maximum Gasteiger partial charge on any atom is 0.265 e. The van der Waals surface area contributed by atoms with Gasteiger partial charge in [0.1, 0.15) is 11.6 Å². The number of carbonyl (C=O) groups is 1. The fourth-order valence-electron chi connectivity index (χ4n) is 3.79. The van der Waals surface area contributed by atoms with Crippen LogP contribution in [0.5, 0.6) is 0 Å². The molecule has 0 radical (unpaired) electrons. The highest BCUT2D eigenvalue weighted by molar-refractivity contribution is 6.07. The number of carbonyl (C=O) groups excluding carboxylic acids is 1. The van der Waals surface area contributed by atoms with E-state index in [1.165, 1.54) is 4.57 Å². The van der Waals surface area contributed by atoms with Gasteiger partial charge in [-0.05, 0) is 56.3 Å². The molecule has 0 aliphatic carbocycles. The standard InChI is InChI=1S/C26H21N7O2/c1-16(29-26-30-20-9-3-4-10-21(20)31-26)18-15-19(24(34)32-22-11-5-7-13-27-22)17(2)33(25(18)35)23-12-6-8-14-28-23/h3-15H,1-2H3,(H,30,31)(H,27,32,34). The smallest absolute Gasteiger partial charge is 0.265 e. The maximum absolute atomic E-state index is 13.6. The molecular weight excluding hydrogens is 442 g/mol. The molecule has 172 valence electrons. The van der Waals surface area contributed by atoms with E-state index in [1.807, 2.05) is 24.3 Å². The predicted molar refractivity (Wildman–Crippen MR) is 135 cm³/mol. The Hall–Kier alpha value is -4.92. The third-order valence-corrected chi connectivity index (χ3v) is 5.52.